The highest BCUT2D eigenvalue weighted by Crippen LogP contribution is 2.28. The van der Waals surface area contributed by atoms with E-state index >= 15 is 0 Å². The molecule has 0 bridgehead atoms. The Morgan fingerprint density at radius 1 is 0.774 bits per heavy atom. The van der Waals surface area contributed by atoms with Gasteiger partial charge in [0, 0.05) is 16.8 Å². The lowest BCUT2D eigenvalue weighted by Gasteiger charge is -2.05. The number of nitrogens with zero attached hydrogens (tertiary/aromatic N) is 1. The third kappa shape index (κ3) is 3.96. The summed E-state index contributed by atoms with van der Waals surface area (Å²) >= 11 is 0. The van der Waals surface area contributed by atoms with Crippen molar-refractivity contribution in [2.45, 2.75) is 6.92 Å². The average Bonchev–Trinajstić information content (AvgIpc) is 3.23. The number of amides is 1. The van der Waals surface area contributed by atoms with E-state index in [0.29, 0.717) is 28.2 Å². The molecule has 4 nitrogen and oxygen atoms in total. The maximum atomic E-state index is 12.5. The van der Waals surface area contributed by atoms with Crippen molar-refractivity contribution in [2.75, 3.05) is 5.32 Å². The lowest BCUT2D eigenvalue weighted by Crippen LogP contribution is -2.11. The number of hydrogen-bond donors (Lipinski definition) is 1. The van der Waals surface area contributed by atoms with Crippen LogP contribution in [0.3, 0.4) is 0 Å². The fourth-order valence-electron chi connectivity index (χ4n) is 3.55. The number of anilines is 1. The van der Waals surface area contributed by atoms with Gasteiger partial charge in [0.2, 0.25) is 5.89 Å². The quantitative estimate of drug-likeness (QED) is 0.362. The van der Waals surface area contributed by atoms with Gasteiger partial charge in [-0.3, -0.25) is 4.79 Å². The number of aromatic nitrogens is 1. The second-order valence-electron chi connectivity index (χ2n) is 7.47. The summed E-state index contributed by atoms with van der Waals surface area (Å²) in [5, 5.41) is 2.93. The van der Waals surface area contributed by atoms with Crippen LogP contribution in [0.5, 0.6) is 0 Å². The molecule has 0 aliphatic carbocycles. The maximum absolute atomic E-state index is 12.5. The highest BCUT2D eigenvalue weighted by molar-refractivity contribution is 6.05. The molecule has 0 fully saturated rings. The molecule has 5 aromatic rings. The van der Waals surface area contributed by atoms with Gasteiger partial charge in [0.25, 0.3) is 5.91 Å². The van der Waals surface area contributed by atoms with E-state index in [9.17, 15) is 4.79 Å². The zero-order chi connectivity index (χ0) is 21.2. The van der Waals surface area contributed by atoms with Gasteiger partial charge in [0.05, 0.1) is 0 Å². The number of rotatable bonds is 4. The Bertz CT molecular complexity index is 1370. The summed E-state index contributed by atoms with van der Waals surface area (Å²) in [7, 11) is 0. The number of nitrogens with one attached hydrogen (secondary N) is 1. The smallest absolute Gasteiger partial charge is 0.255 e. The Kier molecular flexibility index (Phi) is 4.81. The van der Waals surface area contributed by atoms with Gasteiger partial charge in [-0.15, -0.1) is 0 Å². The largest absolute Gasteiger partial charge is 0.436 e. The third-order valence-electron chi connectivity index (χ3n) is 5.16. The van der Waals surface area contributed by atoms with E-state index in [2.05, 4.69) is 34.6 Å². The van der Waals surface area contributed by atoms with Crippen LogP contribution in [0.2, 0.25) is 0 Å². The van der Waals surface area contributed by atoms with Crippen LogP contribution < -0.4 is 5.32 Å². The first kappa shape index (κ1) is 18.8. The minimum atomic E-state index is -0.150. The summed E-state index contributed by atoms with van der Waals surface area (Å²) in [6.07, 6.45) is 0. The fourth-order valence-corrected chi connectivity index (χ4v) is 3.55. The molecule has 150 valence electrons. The standard InChI is InChI=1S/C27H20N2O2/c1-18-6-5-9-22(16-18)26(30)28-23-14-15-25-24(17-23)29-27(31-25)21-12-10-20(11-13-21)19-7-3-2-4-8-19/h2-17H,1H3,(H,28,30). The van der Waals surface area contributed by atoms with Gasteiger partial charge in [-0.2, -0.15) is 0 Å². The zero-order valence-electron chi connectivity index (χ0n) is 17.0. The lowest BCUT2D eigenvalue weighted by molar-refractivity contribution is 0.102. The molecular weight excluding hydrogens is 384 g/mol. The minimum Gasteiger partial charge on any atom is -0.436 e. The second-order valence-corrected chi connectivity index (χ2v) is 7.47. The topological polar surface area (TPSA) is 55.1 Å². The van der Waals surface area contributed by atoms with Crippen LogP contribution in [0.25, 0.3) is 33.7 Å². The van der Waals surface area contributed by atoms with E-state index in [1.807, 2.05) is 73.7 Å². The van der Waals surface area contributed by atoms with Gasteiger partial charge in [-0.25, -0.2) is 4.98 Å². The number of hydrogen-bond acceptors (Lipinski definition) is 3. The Morgan fingerprint density at radius 3 is 2.29 bits per heavy atom. The van der Waals surface area contributed by atoms with Gasteiger partial charge >= 0.3 is 0 Å². The molecule has 0 spiro atoms. The highest BCUT2D eigenvalue weighted by atomic mass is 16.3. The molecule has 1 amide bonds. The summed E-state index contributed by atoms with van der Waals surface area (Å²) in [6.45, 7) is 1.96. The molecule has 0 radical (unpaired) electrons. The van der Waals surface area contributed by atoms with Gasteiger partial charge in [0.15, 0.2) is 5.58 Å². The van der Waals surface area contributed by atoms with Crippen LogP contribution in [0, 0.1) is 6.92 Å². The Labute approximate surface area is 180 Å². The molecule has 1 N–H and O–H groups in total. The number of oxazole rings is 1. The van der Waals surface area contributed by atoms with Crippen LogP contribution in [0.4, 0.5) is 5.69 Å². The van der Waals surface area contributed by atoms with E-state index in [1.165, 1.54) is 5.56 Å². The molecule has 4 heteroatoms. The molecule has 1 heterocycles. The molecule has 0 aliphatic rings. The molecule has 0 saturated carbocycles. The summed E-state index contributed by atoms with van der Waals surface area (Å²) in [5.74, 6) is 0.403. The van der Waals surface area contributed by atoms with E-state index < -0.39 is 0 Å². The van der Waals surface area contributed by atoms with E-state index in [0.717, 1.165) is 16.7 Å². The summed E-state index contributed by atoms with van der Waals surface area (Å²) in [4.78, 5) is 17.1. The van der Waals surface area contributed by atoms with E-state index in [4.69, 9.17) is 4.42 Å². The van der Waals surface area contributed by atoms with Crippen molar-refractivity contribution in [3.8, 4) is 22.6 Å². The van der Waals surface area contributed by atoms with Gasteiger partial charge in [0.1, 0.15) is 5.52 Å². The van der Waals surface area contributed by atoms with E-state index in [1.54, 1.807) is 6.07 Å². The monoisotopic (exact) mass is 404 g/mol. The molecule has 1 aromatic heterocycles. The Balaban J connectivity index is 1.39. The lowest BCUT2D eigenvalue weighted by atomic mass is 10.0. The summed E-state index contributed by atoms with van der Waals surface area (Å²) < 4.78 is 5.94. The van der Waals surface area contributed by atoms with E-state index in [-0.39, 0.29) is 5.91 Å². The van der Waals surface area contributed by atoms with Crippen molar-refractivity contribution in [3.63, 3.8) is 0 Å². The number of carbonyl (C=O) groups excluding carboxylic acids is 1. The Hall–Kier alpha value is -4.18. The van der Waals surface area contributed by atoms with Crippen molar-refractivity contribution >= 4 is 22.7 Å². The third-order valence-corrected chi connectivity index (χ3v) is 5.16. The van der Waals surface area contributed by atoms with Gasteiger partial charge < -0.3 is 9.73 Å². The number of carbonyl (C=O) groups is 1. The number of fused-ring (bicyclic) bond motifs is 1. The molecule has 0 aliphatic heterocycles. The van der Waals surface area contributed by atoms with Crippen molar-refractivity contribution in [1.29, 1.82) is 0 Å². The molecule has 0 atom stereocenters. The molecular formula is C27H20N2O2. The van der Waals surface area contributed by atoms with Crippen molar-refractivity contribution in [3.05, 3.63) is 108 Å². The maximum Gasteiger partial charge on any atom is 0.255 e. The minimum absolute atomic E-state index is 0.150. The Morgan fingerprint density at radius 2 is 1.52 bits per heavy atom. The van der Waals surface area contributed by atoms with Crippen molar-refractivity contribution < 1.29 is 9.21 Å². The predicted molar refractivity (Wildman–Crippen MR) is 124 cm³/mol. The van der Waals surface area contributed by atoms with Crippen molar-refractivity contribution in [1.82, 2.24) is 4.98 Å². The van der Waals surface area contributed by atoms with Crippen LogP contribution in [0.1, 0.15) is 15.9 Å². The second kappa shape index (κ2) is 7.92. The molecule has 0 saturated heterocycles. The summed E-state index contributed by atoms with van der Waals surface area (Å²) in [6, 6.07) is 31.4. The first-order valence-corrected chi connectivity index (χ1v) is 10.1. The average molecular weight is 404 g/mol. The van der Waals surface area contributed by atoms with Crippen molar-refractivity contribution in [2.24, 2.45) is 0 Å². The number of aryl methyl sites for hydroxylation is 1. The van der Waals surface area contributed by atoms with Crippen LogP contribution in [0.15, 0.2) is 101 Å². The van der Waals surface area contributed by atoms with Gasteiger partial charge in [-0.1, -0.05) is 60.2 Å². The highest BCUT2D eigenvalue weighted by Gasteiger charge is 2.11. The first-order chi connectivity index (χ1) is 15.2. The number of benzene rings is 4. The van der Waals surface area contributed by atoms with Crippen LogP contribution in [-0.4, -0.2) is 10.9 Å². The fraction of sp³-hybridized carbons (Fsp3) is 0.0370. The summed E-state index contributed by atoms with van der Waals surface area (Å²) in [5.41, 5.74) is 6.93. The van der Waals surface area contributed by atoms with Crippen LogP contribution in [-0.2, 0) is 0 Å². The predicted octanol–water partition coefficient (Wildman–Crippen LogP) is 6.72. The SMILES string of the molecule is Cc1cccc(C(=O)Nc2ccc3oc(-c4ccc(-c5ccccc5)cc4)nc3c2)c1. The van der Waals surface area contributed by atoms with Crippen LogP contribution >= 0.6 is 0 Å². The first-order valence-electron chi connectivity index (χ1n) is 10.1. The normalized spacial score (nSPS) is 10.9. The molecule has 31 heavy (non-hydrogen) atoms. The van der Waals surface area contributed by atoms with Gasteiger partial charge in [-0.05, 0) is 60.5 Å². The molecule has 4 aromatic carbocycles. The molecule has 0 unspecified atom stereocenters. The molecule has 5 rings (SSSR count). The zero-order valence-corrected chi connectivity index (χ0v) is 17.0.